The quantitative estimate of drug-likeness (QED) is 0.596. The van der Waals surface area contributed by atoms with Crippen molar-refractivity contribution in [1.29, 1.82) is 5.26 Å². The first-order valence-corrected chi connectivity index (χ1v) is 4.16. The van der Waals surface area contributed by atoms with Crippen LogP contribution >= 0.6 is 0 Å². The van der Waals surface area contributed by atoms with Gasteiger partial charge in [-0.2, -0.15) is 5.26 Å². The number of nitrogens with zero attached hydrogens (tertiary/aromatic N) is 2. The van der Waals surface area contributed by atoms with Crippen LogP contribution < -0.4 is 11.1 Å². The highest BCUT2D eigenvalue weighted by Crippen LogP contribution is 2.19. The molecule has 0 saturated carbocycles. The Morgan fingerprint density at radius 2 is 2.36 bits per heavy atom. The molecule has 0 saturated heterocycles. The number of nitrogens with two attached hydrogens (primary N) is 1. The van der Waals surface area contributed by atoms with Crippen molar-refractivity contribution in [3.8, 4) is 6.07 Å². The highest BCUT2D eigenvalue weighted by atomic mass is 16.3. The molecule has 0 aliphatic carbocycles. The lowest BCUT2D eigenvalue weighted by atomic mass is 10.1. The van der Waals surface area contributed by atoms with E-state index in [2.05, 4.69) is 10.3 Å². The van der Waals surface area contributed by atoms with Gasteiger partial charge < -0.3 is 16.2 Å². The molecule has 0 spiro atoms. The first-order valence-electron chi connectivity index (χ1n) is 4.16. The molecular weight excluding hydrogens is 180 g/mol. The predicted octanol–water partition coefficient (Wildman–Crippen LogP) is 0.594. The van der Waals surface area contributed by atoms with Gasteiger partial charge in [-0.25, -0.2) is 4.98 Å². The van der Waals surface area contributed by atoms with Crippen LogP contribution in [-0.2, 0) is 0 Å². The van der Waals surface area contributed by atoms with Crippen molar-refractivity contribution in [2.24, 2.45) is 0 Å². The van der Waals surface area contributed by atoms with E-state index in [0.29, 0.717) is 17.2 Å². The number of pyridine rings is 1. The topological polar surface area (TPSA) is 95.0 Å². The molecule has 0 aromatic carbocycles. The minimum Gasteiger partial charge on any atom is -0.384 e. The molecule has 1 heterocycles. The molecule has 1 atom stereocenters. The second kappa shape index (κ2) is 3.94. The summed E-state index contributed by atoms with van der Waals surface area (Å²) in [5.41, 5.74) is 6.66. The van der Waals surface area contributed by atoms with Gasteiger partial charge in [0, 0.05) is 0 Å². The molecule has 5 nitrogen and oxygen atoms in total. The number of hydrogen-bond acceptors (Lipinski definition) is 5. The summed E-state index contributed by atoms with van der Waals surface area (Å²) in [5, 5.41) is 20.6. The maximum absolute atomic E-state index is 9.11. The Kier molecular flexibility index (Phi) is 2.89. The number of hydrogen-bond donors (Lipinski definition) is 3. The number of nitriles is 1. The van der Waals surface area contributed by atoms with Crippen LogP contribution in [0.15, 0.2) is 6.07 Å². The summed E-state index contributed by atoms with van der Waals surface area (Å²) >= 11 is 0. The first-order chi connectivity index (χ1) is 6.54. The zero-order valence-corrected chi connectivity index (χ0v) is 8.07. The Hall–Kier alpha value is -1.80. The average Bonchev–Trinajstić information content (AvgIpc) is 2.01. The molecule has 1 unspecified atom stereocenters. The number of anilines is 2. The normalized spacial score (nSPS) is 11.9. The third kappa shape index (κ3) is 2.12. The average molecular weight is 192 g/mol. The minimum absolute atomic E-state index is 0.319. The zero-order chi connectivity index (χ0) is 10.7. The molecule has 14 heavy (non-hydrogen) atoms. The summed E-state index contributed by atoms with van der Waals surface area (Å²) < 4.78 is 0. The van der Waals surface area contributed by atoms with Gasteiger partial charge in [0.15, 0.2) is 0 Å². The predicted molar refractivity (Wildman–Crippen MR) is 53.4 cm³/mol. The lowest BCUT2D eigenvalue weighted by molar-refractivity contribution is 0.224. The van der Waals surface area contributed by atoms with Gasteiger partial charge in [-0.3, -0.25) is 0 Å². The fraction of sp³-hybridized carbons (Fsp3) is 0.333. The van der Waals surface area contributed by atoms with Crippen LogP contribution in [-0.4, -0.2) is 16.3 Å². The molecule has 4 N–H and O–H groups in total. The van der Waals surface area contributed by atoms with Crippen LogP contribution in [0, 0.1) is 18.3 Å². The largest absolute Gasteiger partial charge is 0.384 e. The van der Waals surface area contributed by atoms with E-state index < -0.39 is 6.23 Å². The molecule has 0 radical (unpaired) electrons. The highest BCUT2D eigenvalue weighted by Gasteiger charge is 2.09. The molecule has 0 aliphatic rings. The van der Waals surface area contributed by atoms with E-state index in [-0.39, 0.29) is 0 Å². The molecule has 0 fully saturated rings. The van der Waals surface area contributed by atoms with Crippen LogP contribution in [0.2, 0.25) is 0 Å². The lowest BCUT2D eigenvalue weighted by Gasteiger charge is -2.11. The van der Waals surface area contributed by atoms with Crippen molar-refractivity contribution >= 4 is 11.6 Å². The Bertz CT molecular complexity index is 381. The van der Waals surface area contributed by atoms with Gasteiger partial charge in [-0.05, 0) is 25.5 Å². The number of nitrogens with one attached hydrogen (secondary N) is 1. The van der Waals surface area contributed by atoms with E-state index in [1.165, 1.54) is 0 Å². The van der Waals surface area contributed by atoms with Crippen LogP contribution in [0.3, 0.4) is 0 Å². The molecule has 1 aromatic heterocycles. The maximum Gasteiger partial charge on any atom is 0.148 e. The number of nitrogen functional groups attached to an aromatic ring is 1. The third-order valence-corrected chi connectivity index (χ3v) is 1.69. The van der Waals surface area contributed by atoms with Gasteiger partial charge in [-0.1, -0.05) is 0 Å². The molecular formula is C9H12N4O. The molecule has 0 bridgehead atoms. The Labute approximate surface area is 82.2 Å². The van der Waals surface area contributed by atoms with E-state index in [1.54, 1.807) is 19.9 Å². The summed E-state index contributed by atoms with van der Waals surface area (Å²) in [6.07, 6.45) is -0.768. The second-order valence-electron chi connectivity index (χ2n) is 3.02. The van der Waals surface area contributed by atoms with Crippen molar-refractivity contribution in [2.75, 3.05) is 11.1 Å². The fourth-order valence-corrected chi connectivity index (χ4v) is 1.14. The summed E-state index contributed by atoms with van der Waals surface area (Å²) in [4.78, 5) is 3.93. The summed E-state index contributed by atoms with van der Waals surface area (Å²) in [7, 11) is 0. The molecule has 74 valence electrons. The van der Waals surface area contributed by atoms with Crippen molar-refractivity contribution in [3.05, 3.63) is 17.2 Å². The van der Waals surface area contributed by atoms with Gasteiger partial charge in [-0.15, -0.1) is 0 Å². The van der Waals surface area contributed by atoms with Gasteiger partial charge in [0.25, 0.3) is 0 Å². The van der Waals surface area contributed by atoms with Gasteiger partial charge in [0.05, 0.1) is 5.56 Å². The van der Waals surface area contributed by atoms with Crippen molar-refractivity contribution in [2.45, 2.75) is 20.1 Å². The number of aliphatic hydroxyl groups is 1. The van der Waals surface area contributed by atoms with Crippen molar-refractivity contribution in [3.63, 3.8) is 0 Å². The number of aryl methyl sites for hydroxylation is 1. The zero-order valence-electron chi connectivity index (χ0n) is 8.07. The molecule has 1 rings (SSSR count). The van der Waals surface area contributed by atoms with Gasteiger partial charge in [0.1, 0.15) is 23.9 Å². The number of rotatable bonds is 2. The number of aliphatic hydroxyl groups excluding tert-OH is 1. The third-order valence-electron chi connectivity index (χ3n) is 1.69. The van der Waals surface area contributed by atoms with Crippen molar-refractivity contribution in [1.82, 2.24) is 4.98 Å². The Morgan fingerprint density at radius 3 is 2.86 bits per heavy atom. The van der Waals surface area contributed by atoms with Crippen LogP contribution in [0.5, 0.6) is 0 Å². The first kappa shape index (κ1) is 10.3. The second-order valence-corrected chi connectivity index (χ2v) is 3.02. The van der Waals surface area contributed by atoms with E-state index >= 15 is 0 Å². The van der Waals surface area contributed by atoms with E-state index in [0.717, 1.165) is 5.56 Å². The summed E-state index contributed by atoms with van der Waals surface area (Å²) in [5.74, 6) is 0.643. The Balaban J connectivity index is 3.20. The monoisotopic (exact) mass is 192 g/mol. The standard InChI is InChI=1S/C9H12N4O/c1-5-3-8(11)13-9(7(5)4-10)12-6(2)14/h3,6,14H,1-2H3,(H3,11,12,13). The van der Waals surface area contributed by atoms with Crippen LogP contribution in [0.1, 0.15) is 18.1 Å². The maximum atomic E-state index is 9.11. The van der Waals surface area contributed by atoms with E-state index in [9.17, 15) is 0 Å². The highest BCUT2D eigenvalue weighted by molar-refractivity contribution is 5.59. The summed E-state index contributed by atoms with van der Waals surface area (Å²) in [6.45, 7) is 3.31. The van der Waals surface area contributed by atoms with E-state index in [4.69, 9.17) is 16.1 Å². The molecule has 0 amide bonds. The summed E-state index contributed by atoms with van der Waals surface area (Å²) in [6, 6.07) is 3.62. The van der Waals surface area contributed by atoms with Crippen LogP contribution in [0.4, 0.5) is 11.6 Å². The van der Waals surface area contributed by atoms with Gasteiger partial charge in [0.2, 0.25) is 0 Å². The van der Waals surface area contributed by atoms with E-state index in [1.807, 2.05) is 6.07 Å². The molecule has 5 heteroatoms. The van der Waals surface area contributed by atoms with Crippen molar-refractivity contribution < 1.29 is 5.11 Å². The van der Waals surface area contributed by atoms with Gasteiger partial charge >= 0.3 is 0 Å². The molecule has 1 aromatic rings. The van der Waals surface area contributed by atoms with Crippen LogP contribution in [0.25, 0.3) is 0 Å². The minimum atomic E-state index is -0.768. The number of aromatic nitrogens is 1. The molecule has 0 aliphatic heterocycles. The Morgan fingerprint density at radius 1 is 1.71 bits per heavy atom. The SMILES string of the molecule is Cc1cc(N)nc(NC(C)O)c1C#N. The smallest absolute Gasteiger partial charge is 0.148 e. The lowest BCUT2D eigenvalue weighted by Crippen LogP contribution is -2.16. The fourth-order valence-electron chi connectivity index (χ4n) is 1.14.